The Labute approximate surface area is 130 Å². The molecule has 1 fully saturated rings. The van der Waals surface area contributed by atoms with Crippen LogP contribution in [0.3, 0.4) is 0 Å². The van der Waals surface area contributed by atoms with E-state index < -0.39 is 21.8 Å². The van der Waals surface area contributed by atoms with Gasteiger partial charge in [-0.3, -0.25) is 0 Å². The molecule has 21 heavy (non-hydrogen) atoms. The number of nitrogens with zero attached hydrogens (tertiary/aromatic N) is 1. The minimum atomic E-state index is -4.56. The number of benzene rings is 1. The van der Waals surface area contributed by atoms with Crippen LogP contribution < -0.4 is 0 Å². The first kappa shape index (κ1) is 16.8. The molecule has 1 aromatic carbocycles. The summed E-state index contributed by atoms with van der Waals surface area (Å²) in [5.74, 6) is 0.200. The summed E-state index contributed by atoms with van der Waals surface area (Å²) in [6.07, 6.45) is -3.85. The van der Waals surface area contributed by atoms with E-state index in [0.29, 0.717) is 24.8 Å². The van der Waals surface area contributed by atoms with Gasteiger partial charge in [-0.15, -0.1) is 0 Å². The summed E-state index contributed by atoms with van der Waals surface area (Å²) in [5, 5.41) is 0.681. The molecule has 0 amide bonds. The SMILES string of the molecule is Cc1c(C(F)(F)F)cccc1S(=O)(=O)N1CCC(CBr)C1. The minimum absolute atomic E-state index is 0.200. The van der Waals surface area contributed by atoms with Crippen molar-refractivity contribution in [1.29, 1.82) is 0 Å². The van der Waals surface area contributed by atoms with Gasteiger partial charge in [0, 0.05) is 18.4 Å². The van der Waals surface area contributed by atoms with Crippen LogP contribution in [0.5, 0.6) is 0 Å². The van der Waals surface area contributed by atoms with Gasteiger partial charge in [-0.2, -0.15) is 17.5 Å². The predicted molar refractivity (Wildman–Crippen MR) is 76.8 cm³/mol. The van der Waals surface area contributed by atoms with E-state index >= 15 is 0 Å². The third-order valence-electron chi connectivity index (χ3n) is 3.67. The van der Waals surface area contributed by atoms with Crippen molar-refractivity contribution in [1.82, 2.24) is 4.31 Å². The lowest BCUT2D eigenvalue weighted by Crippen LogP contribution is -2.30. The lowest BCUT2D eigenvalue weighted by atomic mass is 10.1. The highest BCUT2D eigenvalue weighted by atomic mass is 79.9. The van der Waals surface area contributed by atoms with Gasteiger partial charge in [0.15, 0.2) is 0 Å². The van der Waals surface area contributed by atoms with E-state index in [1.54, 1.807) is 0 Å². The van der Waals surface area contributed by atoms with Gasteiger partial charge in [0.25, 0.3) is 0 Å². The summed E-state index contributed by atoms with van der Waals surface area (Å²) >= 11 is 3.31. The zero-order valence-electron chi connectivity index (χ0n) is 11.3. The lowest BCUT2D eigenvalue weighted by molar-refractivity contribution is -0.138. The number of halogens is 4. The summed E-state index contributed by atoms with van der Waals surface area (Å²) in [6, 6.07) is 3.28. The van der Waals surface area contributed by atoms with Crippen LogP contribution in [0.25, 0.3) is 0 Å². The van der Waals surface area contributed by atoms with E-state index in [9.17, 15) is 21.6 Å². The molecule has 1 atom stereocenters. The third kappa shape index (κ3) is 3.27. The summed E-state index contributed by atoms with van der Waals surface area (Å²) in [7, 11) is -3.88. The van der Waals surface area contributed by atoms with Crippen molar-refractivity contribution >= 4 is 26.0 Å². The molecular weight excluding hydrogens is 371 g/mol. The second-order valence-electron chi connectivity index (χ2n) is 5.10. The number of rotatable bonds is 3. The lowest BCUT2D eigenvalue weighted by Gasteiger charge is -2.20. The monoisotopic (exact) mass is 385 g/mol. The zero-order valence-corrected chi connectivity index (χ0v) is 13.7. The summed E-state index contributed by atoms with van der Waals surface area (Å²) < 4.78 is 65.0. The standard InChI is InChI=1S/C13H15BrF3NO2S/c1-9-11(13(15,16)17)3-2-4-12(9)21(19,20)18-6-5-10(7-14)8-18/h2-4,10H,5-8H2,1H3. The smallest absolute Gasteiger partial charge is 0.207 e. The summed E-state index contributed by atoms with van der Waals surface area (Å²) in [5.41, 5.74) is -1.15. The Balaban J connectivity index is 2.42. The first-order chi connectivity index (χ1) is 9.67. The molecule has 8 heteroatoms. The largest absolute Gasteiger partial charge is 0.416 e. The zero-order chi connectivity index (χ0) is 15.8. The molecule has 2 rings (SSSR count). The highest BCUT2D eigenvalue weighted by molar-refractivity contribution is 9.09. The van der Waals surface area contributed by atoms with Crippen LogP contribution in [-0.2, 0) is 16.2 Å². The molecule has 1 aliphatic rings. The molecule has 0 N–H and O–H groups in total. The average molecular weight is 386 g/mol. The molecule has 0 bridgehead atoms. The van der Waals surface area contributed by atoms with Crippen LogP contribution in [0, 0.1) is 12.8 Å². The number of hydrogen-bond donors (Lipinski definition) is 0. The maximum absolute atomic E-state index is 12.9. The van der Waals surface area contributed by atoms with Gasteiger partial charge in [0.1, 0.15) is 0 Å². The number of alkyl halides is 4. The van der Waals surface area contributed by atoms with Gasteiger partial charge < -0.3 is 0 Å². The fourth-order valence-corrected chi connectivity index (χ4v) is 4.79. The minimum Gasteiger partial charge on any atom is -0.207 e. The molecule has 1 unspecified atom stereocenters. The molecule has 0 aromatic heterocycles. The van der Waals surface area contributed by atoms with E-state index in [-0.39, 0.29) is 16.4 Å². The van der Waals surface area contributed by atoms with Crippen molar-refractivity contribution in [3.63, 3.8) is 0 Å². The van der Waals surface area contributed by atoms with Gasteiger partial charge in [-0.1, -0.05) is 22.0 Å². The Kier molecular flexibility index (Phi) is 4.70. The van der Waals surface area contributed by atoms with Gasteiger partial charge >= 0.3 is 6.18 Å². The molecule has 3 nitrogen and oxygen atoms in total. The van der Waals surface area contributed by atoms with Gasteiger partial charge in [0.2, 0.25) is 10.0 Å². The molecular formula is C13H15BrF3NO2S. The van der Waals surface area contributed by atoms with Crippen molar-refractivity contribution in [3.8, 4) is 0 Å². The fraction of sp³-hybridized carbons (Fsp3) is 0.538. The fourth-order valence-electron chi connectivity index (χ4n) is 2.48. The molecule has 0 saturated carbocycles. The van der Waals surface area contributed by atoms with Crippen molar-refractivity contribution in [3.05, 3.63) is 29.3 Å². The van der Waals surface area contributed by atoms with Crippen LogP contribution in [0.2, 0.25) is 0 Å². The molecule has 0 aliphatic carbocycles. The summed E-state index contributed by atoms with van der Waals surface area (Å²) in [6.45, 7) is 1.88. The van der Waals surface area contributed by atoms with E-state index in [2.05, 4.69) is 15.9 Å². The van der Waals surface area contributed by atoms with Gasteiger partial charge in [0.05, 0.1) is 10.5 Å². The predicted octanol–water partition coefficient (Wildman–Crippen LogP) is 3.42. The molecule has 1 aromatic rings. The van der Waals surface area contributed by atoms with Crippen molar-refractivity contribution < 1.29 is 21.6 Å². The van der Waals surface area contributed by atoms with Crippen LogP contribution in [0.4, 0.5) is 13.2 Å². The van der Waals surface area contributed by atoms with Crippen molar-refractivity contribution in [2.75, 3.05) is 18.4 Å². The first-order valence-electron chi connectivity index (χ1n) is 6.41. The van der Waals surface area contributed by atoms with Crippen LogP contribution in [0.15, 0.2) is 23.1 Å². The molecule has 1 heterocycles. The Morgan fingerprint density at radius 2 is 2.05 bits per heavy atom. The highest BCUT2D eigenvalue weighted by Gasteiger charge is 2.37. The maximum Gasteiger partial charge on any atom is 0.416 e. The third-order valence-corrected chi connectivity index (χ3v) is 6.60. The molecule has 118 valence electrons. The topological polar surface area (TPSA) is 37.4 Å². The Morgan fingerprint density at radius 1 is 1.38 bits per heavy atom. The Bertz CT molecular complexity index is 631. The molecule has 1 aliphatic heterocycles. The second kappa shape index (κ2) is 5.89. The average Bonchev–Trinajstić information content (AvgIpc) is 2.86. The Hall–Kier alpha value is -0.600. The normalized spacial score (nSPS) is 20.9. The van der Waals surface area contributed by atoms with Crippen molar-refractivity contribution in [2.45, 2.75) is 24.4 Å². The molecule has 0 radical (unpaired) electrons. The van der Waals surface area contributed by atoms with E-state index in [4.69, 9.17) is 0 Å². The van der Waals surface area contributed by atoms with E-state index in [1.807, 2.05) is 0 Å². The Morgan fingerprint density at radius 3 is 2.57 bits per heavy atom. The van der Waals surface area contributed by atoms with Gasteiger partial charge in [-0.05, 0) is 37.0 Å². The van der Waals surface area contributed by atoms with E-state index in [0.717, 1.165) is 12.1 Å². The van der Waals surface area contributed by atoms with Crippen LogP contribution in [0.1, 0.15) is 17.5 Å². The first-order valence-corrected chi connectivity index (χ1v) is 8.97. The maximum atomic E-state index is 12.9. The van der Waals surface area contributed by atoms with E-state index in [1.165, 1.54) is 17.3 Å². The summed E-state index contributed by atoms with van der Waals surface area (Å²) in [4.78, 5) is -0.257. The van der Waals surface area contributed by atoms with Gasteiger partial charge in [-0.25, -0.2) is 8.42 Å². The van der Waals surface area contributed by atoms with Crippen molar-refractivity contribution in [2.24, 2.45) is 5.92 Å². The second-order valence-corrected chi connectivity index (χ2v) is 7.65. The molecule has 1 saturated heterocycles. The highest BCUT2D eigenvalue weighted by Crippen LogP contribution is 2.35. The molecule has 0 spiro atoms. The van der Waals surface area contributed by atoms with Crippen LogP contribution in [-0.4, -0.2) is 31.1 Å². The van der Waals surface area contributed by atoms with Crippen LogP contribution >= 0.6 is 15.9 Å². The number of sulfonamides is 1. The number of hydrogen-bond acceptors (Lipinski definition) is 2. The quantitative estimate of drug-likeness (QED) is 0.747.